The van der Waals surface area contributed by atoms with Gasteiger partial charge in [0.1, 0.15) is 5.82 Å². The number of nitrogens with two attached hydrogens (primary N) is 1. The number of para-hydroxylation sites is 1. The molecule has 0 saturated carbocycles. The standard InChI is InChI=1S/C16H22N4/c1-2-12-8-4-3-7-11-20(12)15-13-9-5-6-10-14(13)18-16(17)19-15/h5-6,9-10,12H,2-4,7-8,11H2,1H3,(H2,17,18,19). The topological polar surface area (TPSA) is 55.0 Å². The number of hydrogen-bond acceptors (Lipinski definition) is 4. The van der Waals surface area contributed by atoms with E-state index in [2.05, 4.69) is 27.9 Å². The van der Waals surface area contributed by atoms with Gasteiger partial charge in [-0.15, -0.1) is 0 Å². The highest BCUT2D eigenvalue weighted by molar-refractivity contribution is 5.90. The summed E-state index contributed by atoms with van der Waals surface area (Å²) in [5, 5.41) is 1.11. The van der Waals surface area contributed by atoms with E-state index in [1.165, 1.54) is 25.7 Å². The fraction of sp³-hybridized carbons (Fsp3) is 0.500. The molecule has 3 rings (SSSR count). The summed E-state index contributed by atoms with van der Waals surface area (Å²) in [6.07, 6.45) is 6.25. The fourth-order valence-electron chi connectivity index (χ4n) is 3.18. The quantitative estimate of drug-likeness (QED) is 0.909. The maximum Gasteiger partial charge on any atom is 0.222 e. The van der Waals surface area contributed by atoms with Gasteiger partial charge in [-0.3, -0.25) is 0 Å². The van der Waals surface area contributed by atoms with Gasteiger partial charge in [-0.2, -0.15) is 4.98 Å². The highest BCUT2D eigenvalue weighted by Gasteiger charge is 2.23. The smallest absolute Gasteiger partial charge is 0.222 e. The molecular weight excluding hydrogens is 248 g/mol. The van der Waals surface area contributed by atoms with Gasteiger partial charge in [0.15, 0.2) is 0 Å². The maximum absolute atomic E-state index is 5.91. The highest BCUT2D eigenvalue weighted by atomic mass is 15.2. The van der Waals surface area contributed by atoms with Crippen molar-refractivity contribution in [1.29, 1.82) is 0 Å². The molecule has 2 heterocycles. The van der Waals surface area contributed by atoms with E-state index in [1.54, 1.807) is 0 Å². The summed E-state index contributed by atoms with van der Waals surface area (Å²) in [7, 11) is 0. The second kappa shape index (κ2) is 5.65. The van der Waals surface area contributed by atoms with Gasteiger partial charge >= 0.3 is 0 Å². The normalized spacial score (nSPS) is 20.1. The number of nitrogen functional groups attached to an aromatic ring is 1. The zero-order valence-electron chi connectivity index (χ0n) is 12.0. The van der Waals surface area contributed by atoms with Crippen LogP contribution in [0, 0.1) is 0 Å². The lowest BCUT2D eigenvalue weighted by Gasteiger charge is -2.31. The van der Waals surface area contributed by atoms with E-state index in [-0.39, 0.29) is 0 Å². The number of benzene rings is 1. The number of aromatic nitrogens is 2. The maximum atomic E-state index is 5.91. The van der Waals surface area contributed by atoms with Gasteiger partial charge < -0.3 is 10.6 Å². The molecule has 20 heavy (non-hydrogen) atoms. The van der Waals surface area contributed by atoms with Gasteiger partial charge in [0.2, 0.25) is 5.95 Å². The van der Waals surface area contributed by atoms with Crippen molar-refractivity contribution in [2.24, 2.45) is 0 Å². The molecule has 1 saturated heterocycles. The van der Waals surface area contributed by atoms with Gasteiger partial charge in [0.25, 0.3) is 0 Å². The minimum atomic E-state index is 0.373. The van der Waals surface area contributed by atoms with Crippen molar-refractivity contribution in [3.05, 3.63) is 24.3 Å². The Labute approximate surface area is 120 Å². The van der Waals surface area contributed by atoms with Crippen LogP contribution in [0.25, 0.3) is 10.9 Å². The molecule has 0 amide bonds. The van der Waals surface area contributed by atoms with Gasteiger partial charge in [-0.25, -0.2) is 4.98 Å². The van der Waals surface area contributed by atoms with Crippen LogP contribution in [-0.4, -0.2) is 22.6 Å². The van der Waals surface area contributed by atoms with Crippen LogP contribution in [0.1, 0.15) is 39.0 Å². The molecule has 0 bridgehead atoms. The number of fused-ring (bicyclic) bond motifs is 1. The molecule has 4 nitrogen and oxygen atoms in total. The van der Waals surface area contributed by atoms with Crippen LogP contribution < -0.4 is 10.6 Å². The molecular formula is C16H22N4. The number of hydrogen-bond donors (Lipinski definition) is 1. The second-order valence-electron chi connectivity index (χ2n) is 5.53. The Bertz CT molecular complexity index is 596. The molecule has 2 aromatic rings. The van der Waals surface area contributed by atoms with Gasteiger partial charge in [0.05, 0.1) is 5.52 Å². The third kappa shape index (κ3) is 2.42. The van der Waals surface area contributed by atoms with Gasteiger partial charge in [-0.05, 0) is 31.4 Å². The third-order valence-corrected chi connectivity index (χ3v) is 4.22. The molecule has 1 aliphatic rings. The molecule has 0 aliphatic carbocycles. The van der Waals surface area contributed by atoms with Crippen molar-refractivity contribution >= 4 is 22.7 Å². The summed E-state index contributed by atoms with van der Waals surface area (Å²) in [6, 6.07) is 8.72. The molecule has 0 spiro atoms. The summed E-state index contributed by atoms with van der Waals surface area (Å²) in [4.78, 5) is 11.4. The first kappa shape index (κ1) is 13.2. The monoisotopic (exact) mass is 270 g/mol. The zero-order chi connectivity index (χ0) is 13.9. The Morgan fingerprint density at radius 1 is 1.20 bits per heavy atom. The van der Waals surface area contributed by atoms with Crippen molar-refractivity contribution in [3.8, 4) is 0 Å². The minimum absolute atomic E-state index is 0.373. The molecule has 4 heteroatoms. The predicted octanol–water partition coefficient (Wildman–Crippen LogP) is 3.37. The summed E-state index contributed by atoms with van der Waals surface area (Å²) >= 11 is 0. The summed E-state index contributed by atoms with van der Waals surface area (Å²) < 4.78 is 0. The Hall–Kier alpha value is -1.84. The molecule has 0 radical (unpaired) electrons. The molecule has 1 fully saturated rings. The zero-order valence-corrected chi connectivity index (χ0v) is 12.0. The van der Waals surface area contributed by atoms with Crippen LogP contribution >= 0.6 is 0 Å². The lowest BCUT2D eigenvalue weighted by molar-refractivity contribution is 0.553. The van der Waals surface area contributed by atoms with Crippen LogP contribution in [0.4, 0.5) is 11.8 Å². The van der Waals surface area contributed by atoms with Gasteiger partial charge in [0, 0.05) is 18.0 Å². The van der Waals surface area contributed by atoms with E-state index >= 15 is 0 Å². The van der Waals surface area contributed by atoms with Crippen molar-refractivity contribution in [2.45, 2.75) is 45.1 Å². The van der Waals surface area contributed by atoms with E-state index in [0.717, 1.165) is 29.7 Å². The van der Waals surface area contributed by atoms with E-state index in [9.17, 15) is 0 Å². The minimum Gasteiger partial charge on any atom is -0.368 e. The van der Waals surface area contributed by atoms with Crippen LogP contribution in [0.3, 0.4) is 0 Å². The molecule has 1 unspecified atom stereocenters. The molecule has 1 aromatic carbocycles. The third-order valence-electron chi connectivity index (χ3n) is 4.22. The molecule has 1 aromatic heterocycles. The summed E-state index contributed by atoms with van der Waals surface area (Å²) in [5.41, 5.74) is 6.85. The molecule has 1 atom stereocenters. The van der Waals surface area contributed by atoms with Crippen molar-refractivity contribution in [3.63, 3.8) is 0 Å². The van der Waals surface area contributed by atoms with E-state index in [1.807, 2.05) is 18.2 Å². The average molecular weight is 270 g/mol. The Balaban J connectivity index is 2.11. The summed E-state index contributed by atoms with van der Waals surface area (Å²) in [5.74, 6) is 1.39. The Kier molecular flexibility index (Phi) is 3.72. The van der Waals surface area contributed by atoms with E-state index < -0.39 is 0 Å². The SMILES string of the molecule is CCC1CCCCCN1c1nc(N)nc2ccccc12. The Morgan fingerprint density at radius 3 is 2.90 bits per heavy atom. The first-order chi connectivity index (χ1) is 9.79. The first-order valence-corrected chi connectivity index (χ1v) is 7.58. The lowest BCUT2D eigenvalue weighted by atomic mass is 10.1. The molecule has 2 N–H and O–H groups in total. The van der Waals surface area contributed by atoms with Crippen LogP contribution in [0.2, 0.25) is 0 Å². The average Bonchev–Trinajstić information content (AvgIpc) is 2.71. The lowest BCUT2D eigenvalue weighted by Crippen LogP contribution is -2.35. The molecule has 106 valence electrons. The Morgan fingerprint density at radius 2 is 2.05 bits per heavy atom. The van der Waals surface area contributed by atoms with Crippen LogP contribution in [-0.2, 0) is 0 Å². The van der Waals surface area contributed by atoms with Crippen LogP contribution in [0.5, 0.6) is 0 Å². The second-order valence-corrected chi connectivity index (χ2v) is 5.53. The first-order valence-electron chi connectivity index (χ1n) is 7.58. The highest BCUT2D eigenvalue weighted by Crippen LogP contribution is 2.30. The molecule has 1 aliphatic heterocycles. The van der Waals surface area contributed by atoms with Crippen molar-refractivity contribution in [2.75, 3.05) is 17.2 Å². The van der Waals surface area contributed by atoms with Crippen molar-refractivity contribution in [1.82, 2.24) is 9.97 Å². The number of nitrogens with zero attached hydrogens (tertiary/aromatic N) is 3. The van der Waals surface area contributed by atoms with Crippen LogP contribution in [0.15, 0.2) is 24.3 Å². The number of rotatable bonds is 2. The fourth-order valence-corrected chi connectivity index (χ4v) is 3.18. The largest absolute Gasteiger partial charge is 0.368 e. The number of anilines is 2. The summed E-state index contributed by atoms with van der Waals surface area (Å²) in [6.45, 7) is 3.33. The predicted molar refractivity (Wildman–Crippen MR) is 83.8 cm³/mol. The van der Waals surface area contributed by atoms with Gasteiger partial charge in [-0.1, -0.05) is 31.9 Å². The van der Waals surface area contributed by atoms with E-state index in [0.29, 0.717) is 12.0 Å². The van der Waals surface area contributed by atoms with E-state index in [4.69, 9.17) is 5.73 Å². The van der Waals surface area contributed by atoms with Crippen molar-refractivity contribution < 1.29 is 0 Å².